The lowest BCUT2D eigenvalue weighted by atomic mass is 10.1. The summed E-state index contributed by atoms with van der Waals surface area (Å²) in [6.45, 7) is 4.37. The molecule has 0 N–H and O–H groups in total. The Morgan fingerprint density at radius 1 is 1.06 bits per heavy atom. The quantitative estimate of drug-likeness (QED) is 0.491. The number of hydrogen-bond donors (Lipinski definition) is 0. The van der Waals surface area contributed by atoms with Gasteiger partial charge in [-0.15, -0.1) is 0 Å². The van der Waals surface area contributed by atoms with Crippen LogP contribution < -0.4 is 14.4 Å². The molecule has 3 aromatic rings. The van der Waals surface area contributed by atoms with Crippen LogP contribution in [-0.2, 0) is 16.1 Å². The van der Waals surface area contributed by atoms with Gasteiger partial charge in [0.05, 0.1) is 19.4 Å². The van der Waals surface area contributed by atoms with Crippen molar-refractivity contribution >= 4 is 17.5 Å². The van der Waals surface area contributed by atoms with E-state index in [1.54, 1.807) is 37.4 Å². The number of rotatable bonds is 7. The molecule has 2 aliphatic heterocycles. The van der Waals surface area contributed by atoms with Gasteiger partial charge in [0.1, 0.15) is 6.54 Å². The van der Waals surface area contributed by atoms with Crippen LogP contribution in [0.3, 0.4) is 0 Å². The van der Waals surface area contributed by atoms with Crippen molar-refractivity contribution in [1.82, 2.24) is 15.1 Å². The van der Waals surface area contributed by atoms with Gasteiger partial charge in [0.25, 0.3) is 11.8 Å². The lowest BCUT2D eigenvalue weighted by Gasteiger charge is -2.19. The monoisotopic (exact) mass is 462 g/mol. The number of fused-ring (bicyclic) bond motifs is 1. The van der Waals surface area contributed by atoms with Gasteiger partial charge in [0.15, 0.2) is 23.6 Å². The maximum Gasteiger partial charge on any atom is 0.263 e. The van der Waals surface area contributed by atoms with E-state index in [0.29, 0.717) is 35.2 Å². The van der Waals surface area contributed by atoms with E-state index in [-0.39, 0.29) is 18.3 Å². The van der Waals surface area contributed by atoms with Gasteiger partial charge < -0.3 is 14.0 Å². The van der Waals surface area contributed by atoms with Crippen molar-refractivity contribution in [3.8, 4) is 22.9 Å². The zero-order valence-electron chi connectivity index (χ0n) is 18.8. The molecule has 0 bridgehead atoms. The van der Waals surface area contributed by atoms with Gasteiger partial charge in [0.2, 0.25) is 11.7 Å². The Bertz CT molecular complexity index is 1270. The van der Waals surface area contributed by atoms with Gasteiger partial charge in [-0.3, -0.25) is 14.6 Å². The van der Waals surface area contributed by atoms with Gasteiger partial charge >= 0.3 is 0 Å². The van der Waals surface area contributed by atoms with Crippen LogP contribution in [0.5, 0.6) is 11.5 Å². The van der Waals surface area contributed by atoms with Gasteiger partial charge in [0, 0.05) is 5.56 Å². The molecule has 2 atom stereocenters. The highest BCUT2D eigenvalue weighted by molar-refractivity contribution is 6.25. The van der Waals surface area contributed by atoms with Crippen molar-refractivity contribution in [2.24, 2.45) is 10.3 Å². The molecule has 2 aromatic carbocycles. The van der Waals surface area contributed by atoms with Crippen LogP contribution in [0.4, 0.5) is 5.69 Å². The second-order valence-electron chi connectivity index (χ2n) is 7.85. The average molecular weight is 462 g/mol. The van der Waals surface area contributed by atoms with Crippen molar-refractivity contribution in [3.05, 3.63) is 53.9 Å². The fourth-order valence-corrected chi connectivity index (χ4v) is 3.96. The number of aromatic nitrogens is 2. The van der Waals surface area contributed by atoms with E-state index in [9.17, 15) is 9.59 Å². The van der Waals surface area contributed by atoms with E-state index in [2.05, 4.69) is 20.5 Å². The molecule has 1 saturated heterocycles. The fraction of sp³-hybridized carbons (Fsp3) is 0.304. The molecule has 0 spiro atoms. The second kappa shape index (κ2) is 8.58. The van der Waals surface area contributed by atoms with Gasteiger partial charge in [-0.1, -0.05) is 28.1 Å². The van der Waals surface area contributed by atoms with Crippen LogP contribution in [0.1, 0.15) is 18.4 Å². The summed E-state index contributed by atoms with van der Waals surface area (Å²) in [7, 11) is 1.55. The first kappa shape index (κ1) is 21.6. The topological polar surface area (TPSA) is 123 Å². The summed E-state index contributed by atoms with van der Waals surface area (Å²) in [5.74, 6) is 0.949. The highest BCUT2D eigenvalue weighted by atomic mass is 16.5. The molecule has 1 fully saturated rings. The van der Waals surface area contributed by atoms with Crippen molar-refractivity contribution in [2.45, 2.75) is 32.5 Å². The van der Waals surface area contributed by atoms with E-state index in [0.717, 1.165) is 10.5 Å². The third kappa shape index (κ3) is 3.64. The third-order valence-electron chi connectivity index (χ3n) is 5.64. The molecule has 3 heterocycles. The number of imide groups is 1. The summed E-state index contributed by atoms with van der Waals surface area (Å²) in [4.78, 5) is 31.5. The Morgan fingerprint density at radius 2 is 1.85 bits per heavy atom. The maximum absolute atomic E-state index is 13.1. The van der Waals surface area contributed by atoms with Gasteiger partial charge in [-0.25, -0.2) is 4.90 Å². The summed E-state index contributed by atoms with van der Waals surface area (Å²) in [6, 6.07) is 10.7. The Kier molecular flexibility index (Phi) is 5.44. The van der Waals surface area contributed by atoms with E-state index >= 15 is 0 Å². The first-order chi connectivity index (χ1) is 16.5. The zero-order valence-corrected chi connectivity index (χ0v) is 18.8. The maximum atomic E-state index is 13.1. The Morgan fingerprint density at radius 3 is 2.59 bits per heavy atom. The fourth-order valence-electron chi connectivity index (χ4n) is 3.96. The minimum absolute atomic E-state index is 0.0343. The smallest absolute Gasteiger partial charge is 0.263 e. The zero-order chi connectivity index (χ0) is 23.8. The normalized spacial score (nSPS) is 19.1. The van der Waals surface area contributed by atoms with E-state index in [1.165, 1.54) is 5.01 Å². The molecule has 11 nitrogen and oxygen atoms in total. The standard InChI is InChI=1S/C23H22N6O5/c1-4-33-16-10-7-14(11-17(16)32-3)21-24-18(34-26-21)12-28-20-19(25-27-28)22(30)29(23(20)31)15-8-5-13(2)6-9-15/h5-11,19-20H,4,12H2,1-3H3/t19-,20-/m0/s1. The number of aryl methyl sites for hydroxylation is 1. The van der Waals surface area contributed by atoms with E-state index < -0.39 is 18.0 Å². The van der Waals surface area contributed by atoms with Crippen molar-refractivity contribution in [1.29, 1.82) is 0 Å². The molecule has 0 saturated carbocycles. The summed E-state index contributed by atoms with van der Waals surface area (Å²) in [5, 5.41) is 13.5. The number of anilines is 1. The number of carbonyl (C=O) groups is 2. The Balaban J connectivity index is 1.34. The molecule has 0 aliphatic carbocycles. The molecule has 1 aromatic heterocycles. The molecule has 0 unspecified atom stereocenters. The van der Waals surface area contributed by atoms with Crippen LogP contribution in [0.25, 0.3) is 11.4 Å². The molecule has 5 rings (SSSR count). The van der Waals surface area contributed by atoms with E-state index in [4.69, 9.17) is 14.0 Å². The average Bonchev–Trinajstić information content (AvgIpc) is 3.53. The predicted octanol–water partition coefficient (Wildman–Crippen LogP) is 2.95. The van der Waals surface area contributed by atoms with Crippen LogP contribution in [0, 0.1) is 6.92 Å². The Labute approximate surface area is 194 Å². The number of hydrogen-bond acceptors (Lipinski definition) is 10. The van der Waals surface area contributed by atoms with E-state index in [1.807, 2.05) is 26.0 Å². The van der Waals surface area contributed by atoms with Crippen LogP contribution in [0.15, 0.2) is 57.3 Å². The third-order valence-corrected chi connectivity index (χ3v) is 5.64. The summed E-state index contributed by atoms with van der Waals surface area (Å²) >= 11 is 0. The number of ether oxygens (including phenoxy) is 2. The molecule has 34 heavy (non-hydrogen) atoms. The van der Waals surface area contributed by atoms with Crippen LogP contribution in [0.2, 0.25) is 0 Å². The number of amides is 2. The minimum Gasteiger partial charge on any atom is -0.493 e. The minimum atomic E-state index is -0.897. The molecule has 2 aliphatic rings. The molecule has 174 valence electrons. The molecule has 2 amide bonds. The van der Waals surface area contributed by atoms with Crippen molar-refractivity contribution in [2.75, 3.05) is 18.6 Å². The first-order valence-corrected chi connectivity index (χ1v) is 10.8. The van der Waals surface area contributed by atoms with Crippen molar-refractivity contribution in [3.63, 3.8) is 0 Å². The molecular formula is C23H22N6O5. The number of nitrogens with zero attached hydrogens (tertiary/aromatic N) is 6. The second-order valence-corrected chi connectivity index (χ2v) is 7.85. The van der Waals surface area contributed by atoms with Gasteiger partial charge in [-0.2, -0.15) is 10.1 Å². The molecule has 0 radical (unpaired) electrons. The predicted molar refractivity (Wildman–Crippen MR) is 119 cm³/mol. The largest absolute Gasteiger partial charge is 0.493 e. The molecular weight excluding hydrogens is 440 g/mol. The first-order valence-electron chi connectivity index (χ1n) is 10.8. The summed E-state index contributed by atoms with van der Waals surface area (Å²) in [5.41, 5.74) is 2.21. The van der Waals surface area contributed by atoms with Crippen LogP contribution in [-0.4, -0.2) is 52.8 Å². The lowest BCUT2D eigenvalue weighted by molar-refractivity contribution is -0.123. The van der Waals surface area contributed by atoms with Crippen molar-refractivity contribution < 1.29 is 23.6 Å². The van der Waals surface area contributed by atoms with Crippen LogP contribution >= 0.6 is 0 Å². The number of carbonyl (C=O) groups excluding carboxylic acids is 2. The summed E-state index contributed by atoms with van der Waals surface area (Å²) < 4.78 is 16.3. The SMILES string of the molecule is CCOc1ccc(-c2noc(CN3N=N[C@@H]4C(=O)N(c5ccc(C)cc5)C(=O)[C@H]43)n2)cc1OC. The number of benzene rings is 2. The highest BCUT2D eigenvalue weighted by Gasteiger charge is 2.55. The number of methoxy groups -OCH3 is 1. The lowest BCUT2D eigenvalue weighted by Crippen LogP contribution is -2.39. The highest BCUT2D eigenvalue weighted by Crippen LogP contribution is 2.34. The Hall–Kier alpha value is -4.28. The molecule has 11 heteroatoms. The van der Waals surface area contributed by atoms with Gasteiger partial charge in [-0.05, 0) is 44.2 Å². The summed E-state index contributed by atoms with van der Waals surface area (Å²) in [6.07, 6.45) is 0.